The number of carbonyl (C=O) groups excluding carboxylic acids is 1. The van der Waals surface area contributed by atoms with Gasteiger partial charge in [-0.2, -0.15) is 0 Å². The standard InChI is InChI=1S/C11H13NO5/c1-3-16-10-4-5-11(12(14)15)9(6-10)7-17-8(2)13/h4-6H,3,7H2,1-2H3. The minimum Gasteiger partial charge on any atom is -0.494 e. The van der Waals surface area contributed by atoms with Gasteiger partial charge in [-0.1, -0.05) is 0 Å². The first-order chi connectivity index (χ1) is 8.04. The molecule has 0 heterocycles. The summed E-state index contributed by atoms with van der Waals surface area (Å²) in [5.74, 6) is 0.0290. The fourth-order valence-electron chi connectivity index (χ4n) is 1.29. The monoisotopic (exact) mass is 239 g/mol. The highest BCUT2D eigenvalue weighted by atomic mass is 16.6. The molecule has 0 saturated heterocycles. The Morgan fingerprint density at radius 1 is 1.47 bits per heavy atom. The van der Waals surface area contributed by atoms with Crippen molar-refractivity contribution in [2.75, 3.05) is 6.61 Å². The minimum absolute atomic E-state index is 0.0882. The first-order valence-corrected chi connectivity index (χ1v) is 5.08. The molecule has 0 spiro atoms. The first-order valence-electron chi connectivity index (χ1n) is 5.08. The fourth-order valence-corrected chi connectivity index (χ4v) is 1.29. The summed E-state index contributed by atoms with van der Waals surface area (Å²) in [6, 6.07) is 4.35. The van der Waals surface area contributed by atoms with Crippen LogP contribution in [0.15, 0.2) is 18.2 Å². The van der Waals surface area contributed by atoms with Gasteiger partial charge in [0, 0.05) is 13.0 Å². The maximum absolute atomic E-state index is 10.8. The van der Waals surface area contributed by atoms with Crippen molar-refractivity contribution in [2.24, 2.45) is 0 Å². The van der Waals surface area contributed by atoms with E-state index in [1.807, 2.05) is 6.92 Å². The van der Waals surface area contributed by atoms with Gasteiger partial charge in [-0.15, -0.1) is 0 Å². The van der Waals surface area contributed by atoms with Gasteiger partial charge in [0.15, 0.2) is 0 Å². The number of carbonyl (C=O) groups is 1. The Morgan fingerprint density at radius 3 is 2.71 bits per heavy atom. The van der Waals surface area contributed by atoms with Crippen LogP contribution < -0.4 is 4.74 Å². The van der Waals surface area contributed by atoms with Gasteiger partial charge < -0.3 is 9.47 Å². The molecule has 0 aliphatic carbocycles. The number of nitro benzene ring substituents is 1. The van der Waals surface area contributed by atoms with Gasteiger partial charge in [0.25, 0.3) is 5.69 Å². The third kappa shape index (κ3) is 3.75. The highest BCUT2D eigenvalue weighted by Gasteiger charge is 2.15. The zero-order valence-electron chi connectivity index (χ0n) is 9.63. The molecule has 1 rings (SSSR count). The van der Waals surface area contributed by atoms with Gasteiger partial charge in [0.1, 0.15) is 12.4 Å². The average molecular weight is 239 g/mol. The van der Waals surface area contributed by atoms with Gasteiger partial charge in [-0.3, -0.25) is 14.9 Å². The van der Waals surface area contributed by atoms with E-state index < -0.39 is 10.9 Å². The second kappa shape index (κ2) is 5.83. The molecule has 0 aliphatic heterocycles. The van der Waals surface area contributed by atoms with Crippen LogP contribution in [0.25, 0.3) is 0 Å². The Hall–Kier alpha value is -2.11. The Kier molecular flexibility index (Phi) is 4.45. The summed E-state index contributed by atoms with van der Waals surface area (Å²) in [5.41, 5.74) is 0.228. The molecule has 92 valence electrons. The fraction of sp³-hybridized carbons (Fsp3) is 0.364. The lowest BCUT2D eigenvalue weighted by molar-refractivity contribution is -0.385. The number of ether oxygens (including phenoxy) is 2. The van der Waals surface area contributed by atoms with Gasteiger partial charge >= 0.3 is 5.97 Å². The normalized spacial score (nSPS) is 9.76. The average Bonchev–Trinajstić information content (AvgIpc) is 2.26. The summed E-state index contributed by atoms with van der Waals surface area (Å²) in [4.78, 5) is 20.9. The van der Waals surface area contributed by atoms with Gasteiger partial charge in [-0.25, -0.2) is 0 Å². The molecule has 6 nitrogen and oxygen atoms in total. The highest BCUT2D eigenvalue weighted by Crippen LogP contribution is 2.24. The summed E-state index contributed by atoms with van der Waals surface area (Å²) in [6.45, 7) is 3.39. The number of hydrogen-bond donors (Lipinski definition) is 0. The van der Waals surface area contributed by atoms with E-state index in [0.717, 1.165) is 0 Å². The SMILES string of the molecule is CCOc1ccc([N+](=O)[O-])c(COC(C)=O)c1. The van der Waals surface area contributed by atoms with Crippen molar-refractivity contribution in [1.29, 1.82) is 0 Å². The summed E-state index contributed by atoms with van der Waals surface area (Å²) in [6.07, 6.45) is 0. The number of nitrogens with zero attached hydrogens (tertiary/aromatic N) is 1. The topological polar surface area (TPSA) is 78.7 Å². The molecule has 0 saturated carbocycles. The molecule has 0 amide bonds. The summed E-state index contributed by atoms with van der Waals surface area (Å²) in [5, 5.41) is 10.8. The molecule has 0 bridgehead atoms. The van der Waals surface area contributed by atoms with Crippen LogP contribution in [0.1, 0.15) is 19.4 Å². The number of esters is 1. The molecule has 1 aromatic rings. The molecule has 0 fully saturated rings. The smallest absolute Gasteiger partial charge is 0.302 e. The predicted octanol–water partition coefficient (Wildman–Crippen LogP) is 2.06. The van der Waals surface area contributed by atoms with Gasteiger partial charge in [-0.05, 0) is 19.1 Å². The van der Waals surface area contributed by atoms with E-state index in [-0.39, 0.29) is 12.3 Å². The number of hydrogen-bond acceptors (Lipinski definition) is 5. The molecule has 0 aliphatic rings. The van der Waals surface area contributed by atoms with Crippen molar-refractivity contribution in [3.63, 3.8) is 0 Å². The molecule has 0 atom stereocenters. The Balaban J connectivity index is 2.98. The number of benzene rings is 1. The number of nitro groups is 1. The summed E-state index contributed by atoms with van der Waals surface area (Å²) in [7, 11) is 0. The molecule has 0 aromatic heterocycles. The predicted molar refractivity (Wildman–Crippen MR) is 59.7 cm³/mol. The molecular weight excluding hydrogens is 226 g/mol. The molecule has 1 aromatic carbocycles. The van der Waals surface area contributed by atoms with E-state index in [1.165, 1.54) is 25.1 Å². The Labute approximate surface area is 98.3 Å². The van der Waals surface area contributed by atoms with E-state index in [2.05, 4.69) is 0 Å². The molecule has 0 unspecified atom stereocenters. The second-order valence-corrected chi connectivity index (χ2v) is 3.26. The Bertz CT molecular complexity index is 430. The maximum Gasteiger partial charge on any atom is 0.302 e. The third-order valence-corrected chi connectivity index (χ3v) is 1.99. The lowest BCUT2D eigenvalue weighted by Gasteiger charge is -2.07. The van der Waals surface area contributed by atoms with Crippen LogP contribution in [0, 0.1) is 10.1 Å². The van der Waals surface area contributed by atoms with Gasteiger partial charge in [0.05, 0.1) is 17.1 Å². The quantitative estimate of drug-likeness (QED) is 0.446. The molecule has 17 heavy (non-hydrogen) atoms. The Morgan fingerprint density at radius 2 is 2.18 bits per heavy atom. The lowest BCUT2D eigenvalue weighted by atomic mass is 10.2. The van der Waals surface area contributed by atoms with Gasteiger partial charge in [0.2, 0.25) is 0 Å². The van der Waals surface area contributed by atoms with E-state index in [9.17, 15) is 14.9 Å². The lowest BCUT2D eigenvalue weighted by Crippen LogP contribution is -2.03. The van der Waals surface area contributed by atoms with Crippen LogP contribution in [0.5, 0.6) is 5.75 Å². The molecule has 0 radical (unpaired) electrons. The number of rotatable bonds is 5. The van der Waals surface area contributed by atoms with Crippen molar-refractivity contribution in [3.8, 4) is 5.75 Å². The summed E-state index contributed by atoms with van der Waals surface area (Å²) >= 11 is 0. The van der Waals surface area contributed by atoms with Crippen molar-refractivity contribution in [3.05, 3.63) is 33.9 Å². The summed E-state index contributed by atoms with van der Waals surface area (Å²) < 4.78 is 9.98. The highest BCUT2D eigenvalue weighted by molar-refractivity contribution is 5.66. The maximum atomic E-state index is 10.8. The van der Waals surface area contributed by atoms with E-state index in [4.69, 9.17) is 9.47 Å². The van der Waals surface area contributed by atoms with E-state index in [1.54, 1.807) is 0 Å². The third-order valence-electron chi connectivity index (χ3n) is 1.99. The molecule has 0 N–H and O–H groups in total. The van der Waals surface area contributed by atoms with E-state index in [0.29, 0.717) is 17.9 Å². The van der Waals surface area contributed by atoms with Crippen molar-refractivity contribution in [1.82, 2.24) is 0 Å². The van der Waals surface area contributed by atoms with Crippen LogP contribution in [0.3, 0.4) is 0 Å². The second-order valence-electron chi connectivity index (χ2n) is 3.26. The minimum atomic E-state index is -0.519. The van der Waals surface area contributed by atoms with Crippen molar-refractivity contribution in [2.45, 2.75) is 20.5 Å². The first kappa shape index (κ1) is 13.0. The molecular formula is C11H13NO5. The van der Waals surface area contributed by atoms with Crippen LogP contribution in [0.4, 0.5) is 5.69 Å². The largest absolute Gasteiger partial charge is 0.494 e. The van der Waals surface area contributed by atoms with Crippen LogP contribution in [-0.4, -0.2) is 17.5 Å². The zero-order valence-corrected chi connectivity index (χ0v) is 9.63. The van der Waals surface area contributed by atoms with Crippen LogP contribution in [-0.2, 0) is 16.1 Å². The van der Waals surface area contributed by atoms with Crippen molar-refractivity contribution >= 4 is 11.7 Å². The zero-order chi connectivity index (χ0) is 12.8. The van der Waals surface area contributed by atoms with Crippen LogP contribution in [0.2, 0.25) is 0 Å². The van der Waals surface area contributed by atoms with Crippen molar-refractivity contribution < 1.29 is 19.2 Å². The van der Waals surface area contributed by atoms with E-state index >= 15 is 0 Å². The molecule has 6 heteroatoms. The van der Waals surface area contributed by atoms with Crippen LogP contribution >= 0.6 is 0 Å².